The molecule has 2 N–H and O–H groups in total. The molecule has 0 bridgehead atoms. The van der Waals surface area contributed by atoms with Gasteiger partial charge in [-0.2, -0.15) is 0 Å². The molecule has 0 unspecified atom stereocenters. The maximum atomic E-state index is 12.8. The first kappa shape index (κ1) is 19.8. The quantitative estimate of drug-likeness (QED) is 0.667. The van der Waals surface area contributed by atoms with Crippen molar-refractivity contribution in [1.82, 2.24) is 9.88 Å². The standard InChI is InChI=1S/C23H25N3O4/c1-5-11-26-12-16-18(23(26)27)19(24)15-8-6-7-13(20(15)25-16)14-9-10-17(28-2)22(30-4)21(14)29-3/h6-10H,5,11-12H2,1-4H3,(H2,24,25). The first-order valence-corrected chi connectivity index (χ1v) is 9.85. The molecule has 1 aliphatic rings. The van der Waals surface area contributed by atoms with Crippen molar-refractivity contribution < 1.29 is 19.0 Å². The number of carbonyl (C=O) groups is 1. The fraction of sp³-hybridized carbons (Fsp3) is 0.304. The maximum Gasteiger partial charge on any atom is 0.258 e. The normalized spacial score (nSPS) is 12.9. The molecule has 0 saturated carbocycles. The monoisotopic (exact) mass is 407 g/mol. The molecule has 7 nitrogen and oxygen atoms in total. The Morgan fingerprint density at radius 2 is 1.80 bits per heavy atom. The Labute approximate surface area is 175 Å². The largest absolute Gasteiger partial charge is 0.493 e. The van der Waals surface area contributed by atoms with Crippen LogP contribution in [-0.4, -0.2) is 43.7 Å². The average molecular weight is 407 g/mol. The minimum absolute atomic E-state index is 0.0483. The number of nitrogen functional groups attached to an aromatic ring is 1. The van der Waals surface area contributed by atoms with E-state index in [-0.39, 0.29) is 5.91 Å². The van der Waals surface area contributed by atoms with E-state index in [0.29, 0.717) is 47.3 Å². The molecule has 4 rings (SSSR count). The van der Waals surface area contributed by atoms with Crippen molar-refractivity contribution in [3.63, 3.8) is 0 Å². The first-order chi connectivity index (χ1) is 14.5. The summed E-state index contributed by atoms with van der Waals surface area (Å²) in [6.07, 6.45) is 0.882. The molecule has 0 saturated heterocycles. The number of aromatic nitrogens is 1. The van der Waals surface area contributed by atoms with E-state index in [0.717, 1.165) is 28.5 Å². The summed E-state index contributed by atoms with van der Waals surface area (Å²) in [6.45, 7) is 3.20. The van der Waals surface area contributed by atoms with Crippen molar-refractivity contribution in [2.24, 2.45) is 0 Å². The summed E-state index contributed by atoms with van der Waals surface area (Å²) in [5.41, 5.74) is 10.6. The van der Waals surface area contributed by atoms with Crippen molar-refractivity contribution in [1.29, 1.82) is 0 Å². The highest BCUT2D eigenvalue weighted by Gasteiger charge is 2.32. The SMILES string of the molecule is CCCN1Cc2nc3c(-c4ccc(OC)c(OC)c4OC)cccc3c(N)c2C1=O. The summed E-state index contributed by atoms with van der Waals surface area (Å²) in [4.78, 5) is 19.5. The number of para-hydroxylation sites is 1. The fourth-order valence-electron chi connectivity index (χ4n) is 4.11. The van der Waals surface area contributed by atoms with Crippen molar-refractivity contribution in [2.75, 3.05) is 33.6 Å². The van der Waals surface area contributed by atoms with E-state index in [1.807, 2.05) is 37.3 Å². The Morgan fingerprint density at radius 3 is 2.47 bits per heavy atom. The van der Waals surface area contributed by atoms with Crippen molar-refractivity contribution in [2.45, 2.75) is 19.9 Å². The van der Waals surface area contributed by atoms with Gasteiger partial charge in [0.2, 0.25) is 5.75 Å². The lowest BCUT2D eigenvalue weighted by Crippen LogP contribution is -2.24. The maximum absolute atomic E-state index is 12.8. The van der Waals surface area contributed by atoms with Crippen molar-refractivity contribution in [3.05, 3.63) is 41.6 Å². The molecular formula is C23H25N3O4. The van der Waals surface area contributed by atoms with Gasteiger partial charge in [0.05, 0.1) is 50.3 Å². The van der Waals surface area contributed by atoms with E-state index < -0.39 is 0 Å². The van der Waals surface area contributed by atoms with Gasteiger partial charge >= 0.3 is 0 Å². The van der Waals surface area contributed by atoms with E-state index in [1.54, 1.807) is 26.2 Å². The van der Waals surface area contributed by atoms with Crippen LogP contribution in [0, 0.1) is 0 Å². The molecule has 3 aromatic rings. The molecule has 1 aliphatic heterocycles. The van der Waals surface area contributed by atoms with E-state index in [9.17, 15) is 4.79 Å². The number of hydrogen-bond acceptors (Lipinski definition) is 6. The van der Waals surface area contributed by atoms with Crippen LogP contribution in [-0.2, 0) is 6.54 Å². The van der Waals surface area contributed by atoms with E-state index in [2.05, 4.69) is 0 Å². The number of rotatable bonds is 6. The van der Waals surface area contributed by atoms with Gasteiger partial charge in [0, 0.05) is 23.1 Å². The Balaban J connectivity index is 1.97. The second kappa shape index (κ2) is 7.74. The van der Waals surface area contributed by atoms with E-state index in [1.165, 1.54) is 0 Å². The van der Waals surface area contributed by atoms with Crippen LogP contribution in [0.3, 0.4) is 0 Å². The molecule has 2 heterocycles. The number of carbonyl (C=O) groups excluding carboxylic acids is 1. The Bertz CT molecular complexity index is 1140. The van der Waals surface area contributed by atoms with Gasteiger partial charge in [-0.25, -0.2) is 4.98 Å². The number of ether oxygens (including phenoxy) is 3. The molecule has 30 heavy (non-hydrogen) atoms. The average Bonchev–Trinajstić information content (AvgIpc) is 3.08. The Kier molecular flexibility index (Phi) is 5.11. The highest BCUT2D eigenvalue weighted by atomic mass is 16.5. The van der Waals surface area contributed by atoms with Crippen LogP contribution in [0.15, 0.2) is 30.3 Å². The molecule has 0 fully saturated rings. The van der Waals surface area contributed by atoms with Gasteiger partial charge in [-0.05, 0) is 18.6 Å². The lowest BCUT2D eigenvalue weighted by molar-refractivity contribution is 0.0779. The second-order valence-electron chi connectivity index (χ2n) is 7.16. The van der Waals surface area contributed by atoms with Crippen molar-refractivity contribution in [3.8, 4) is 28.4 Å². The highest BCUT2D eigenvalue weighted by Crippen LogP contribution is 2.46. The summed E-state index contributed by atoms with van der Waals surface area (Å²) >= 11 is 0. The zero-order valence-electron chi connectivity index (χ0n) is 17.6. The van der Waals surface area contributed by atoms with Crippen LogP contribution in [0.2, 0.25) is 0 Å². The van der Waals surface area contributed by atoms with E-state index in [4.69, 9.17) is 24.9 Å². The molecule has 0 spiro atoms. The highest BCUT2D eigenvalue weighted by molar-refractivity contribution is 6.11. The van der Waals surface area contributed by atoms with Gasteiger partial charge in [-0.1, -0.05) is 25.1 Å². The molecular weight excluding hydrogens is 382 g/mol. The van der Waals surface area contributed by atoms with Gasteiger partial charge in [-0.15, -0.1) is 0 Å². The van der Waals surface area contributed by atoms with Crippen LogP contribution in [0.4, 0.5) is 5.69 Å². The number of methoxy groups -OCH3 is 3. The number of benzene rings is 2. The molecule has 1 aromatic heterocycles. The number of amides is 1. The van der Waals surface area contributed by atoms with Crippen molar-refractivity contribution >= 4 is 22.5 Å². The third kappa shape index (κ3) is 2.89. The predicted molar refractivity (Wildman–Crippen MR) is 116 cm³/mol. The Hall–Kier alpha value is -3.48. The number of fused-ring (bicyclic) bond motifs is 2. The molecule has 1 amide bonds. The first-order valence-electron chi connectivity index (χ1n) is 9.85. The predicted octanol–water partition coefficient (Wildman–Crippen LogP) is 3.88. The number of anilines is 1. The van der Waals surface area contributed by atoms with Gasteiger partial charge in [0.15, 0.2) is 11.5 Å². The van der Waals surface area contributed by atoms with Crippen LogP contribution in [0.25, 0.3) is 22.0 Å². The van der Waals surface area contributed by atoms with Gasteiger partial charge in [0.25, 0.3) is 5.91 Å². The third-order valence-electron chi connectivity index (χ3n) is 5.46. The van der Waals surface area contributed by atoms with Crippen LogP contribution < -0.4 is 19.9 Å². The lowest BCUT2D eigenvalue weighted by atomic mass is 9.98. The number of pyridine rings is 1. The van der Waals surface area contributed by atoms with Crippen LogP contribution in [0.1, 0.15) is 29.4 Å². The number of nitrogens with zero attached hydrogens (tertiary/aromatic N) is 2. The topological polar surface area (TPSA) is 86.9 Å². The van der Waals surface area contributed by atoms with Gasteiger partial charge < -0.3 is 24.8 Å². The van der Waals surface area contributed by atoms with Crippen LogP contribution in [0.5, 0.6) is 17.2 Å². The summed E-state index contributed by atoms with van der Waals surface area (Å²) in [6, 6.07) is 9.50. The third-order valence-corrected chi connectivity index (χ3v) is 5.46. The zero-order chi connectivity index (χ0) is 21.4. The number of hydrogen-bond donors (Lipinski definition) is 1. The van der Waals surface area contributed by atoms with Gasteiger partial charge in [0.1, 0.15) is 0 Å². The molecule has 0 radical (unpaired) electrons. The summed E-state index contributed by atoms with van der Waals surface area (Å²) in [7, 11) is 4.75. The van der Waals surface area contributed by atoms with Gasteiger partial charge in [-0.3, -0.25) is 4.79 Å². The molecule has 7 heteroatoms. The molecule has 2 aromatic carbocycles. The van der Waals surface area contributed by atoms with Crippen LogP contribution >= 0.6 is 0 Å². The lowest BCUT2D eigenvalue weighted by Gasteiger charge is -2.17. The fourth-order valence-corrected chi connectivity index (χ4v) is 4.11. The smallest absolute Gasteiger partial charge is 0.258 e. The van der Waals surface area contributed by atoms with E-state index >= 15 is 0 Å². The molecule has 156 valence electrons. The number of nitrogens with two attached hydrogens (primary N) is 1. The minimum atomic E-state index is -0.0483. The zero-order valence-corrected chi connectivity index (χ0v) is 17.6. The minimum Gasteiger partial charge on any atom is -0.493 e. The summed E-state index contributed by atoms with van der Waals surface area (Å²) < 4.78 is 16.6. The molecule has 0 aliphatic carbocycles. The summed E-state index contributed by atoms with van der Waals surface area (Å²) in [5, 5.41) is 0.745. The Morgan fingerprint density at radius 1 is 1.03 bits per heavy atom. The molecule has 0 atom stereocenters. The second-order valence-corrected chi connectivity index (χ2v) is 7.16. The summed E-state index contributed by atoms with van der Waals surface area (Å²) in [5.74, 6) is 1.59.